The molecule has 1 fully saturated rings. The summed E-state index contributed by atoms with van der Waals surface area (Å²) in [5.41, 5.74) is 3.99. The standard InChI is InChI=1S/C16H29N5/c1-11-12(20-17)18-14(15(2,3)4)19-13(11)21-9-7-8-16(5,6)10-21/h7-10,17H2,1-6H3,(H,18,19,20). The largest absolute Gasteiger partial charge is 0.356 e. The van der Waals surface area contributed by atoms with Crippen LogP contribution in [0.4, 0.5) is 11.6 Å². The van der Waals surface area contributed by atoms with E-state index >= 15 is 0 Å². The Morgan fingerprint density at radius 3 is 2.43 bits per heavy atom. The lowest BCUT2D eigenvalue weighted by Gasteiger charge is -2.39. The van der Waals surface area contributed by atoms with Gasteiger partial charge in [0.2, 0.25) is 0 Å². The molecule has 0 aliphatic carbocycles. The summed E-state index contributed by atoms with van der Waals surface area (Å²) >= 11 is 0. The number of aromatic nitrogens is 2. The third-order valence-electron chi connectivity index (χ3n) is 4.13. The van der Waals surface area contributed by atoms with Gasteiger partial charge in [0.25, 0.3) is 0 Å². The molecule has 21 heavy (non-hydrogen) atoms. The molecular weight excluding hydrogens is 262 g/mol. The Kier molecular flexibility index (Phi) is 4.15. The van der Waals surface area contributed by atoms with Crippen LogP contribution in [0, 0.1) is 12.3 Å². The van der Waals surface area contributed by atoms with E-state index in [1.165, 1.54) is 12.8 Å². The third-order valence-corrected chi connectivity index (χ3v) is 4.13. The first-order chi connectivity index (χ1) is 9.64. The molecule has 2 heterocycles. The maximum atomic E-state index is 5.66. The quantitative estimate of drug-likeness (QED) is 0.647. The molecule has 5 nitrogen and oxygen atoms in total. The summed E-state index contributed by atoms with van der Waals surface area (Å²) in [4.78, 5) is 11.8. The Labute approximate surface area is 128 Å². The molecule has 0 unspecified atom stereocenters. The molecule has 1 aliphatic rings. The van der Waals surface area contributed by atoms with Crippen molar-refractivity contribution < 1.29 is 0 Å². The predicted octanol–water partition coefficient (Wildman–Crippen LogP) is 2.99. The van der Waals surface area contributed by atoms with Crippen LogP contribution in [0.1, 0.15) is 58.8 Å². The van der Waals surface area contributed by atoms with Crippen LogP contribution in [-0.2, 0) is 5.41 Å². The van der Waals surface area contributed by atoms with Gasteiger partial charge in [0.05, 0.1) is 0 Å². The minimum Gasteiger partial charge on any atom is -0.356 e. The van der Waals surface area contributed by atoms with E-state index in [1.807, 2.05) is 6.92 Å². The van der Waals surface area contributed by atoms with Crippen LogP contribution < -0.4 is 16.2 Å². The molecule has 1 aromatic heterocycles. The lowest BCUT2D eigenvalue weighted by atomic mass is 9.84. The van der Waals surface area contributed by atoms with E-state index in [9.17, 15) is 0 Å². The Morgan fingerprint density at radius 2 is 1.90 bits per heavy atom. The van der Waals surface area contributed by atoms with E-state index in [0.717, 1.165) is 36.1 Å². The molecule has 0 spiro atoms. The van der Waals surface area contributed by atoms with Crippen molar-refractivity contribution in [1.29, 1.82) is 0 Å². The molecule has 0 atom stereocenters. The minimum atomic E-state index is -0.0979. The van der Waals surface area contributed by atoms with Crippen molar-refractivity contribution in [3.63, 3.8) is 0 Å². The normalized spacial score (nSPS) is 18.7. The van der Waals surface area contributed by atoms with Gasteiger partial charge in [-0.3, -0.25) is 0 Å². The number of nitrogen functional groups attached to an aromatic ring is 1. The molecule has 0 saturated carbocycles. The second-order valence-corrected chi connectivity index (χ2v) is 7.93. The van der Waals surface area contributed by atoms with Gasteiger partial charge in [-0.25, -0.2) is 15.8 Å². The van der Waals surface area contributed by atoms with E-state index in [4.69, 9.17) is 10.8 Å². The molecule has 118 valence electrons. The molecular formula is C16H29N5. The second kappa shape index (κ2) is 5.44. The van der Waals surface area contributed by atoms with Crippen LogP contribution in [0.2, 0.25) is 0 Å². The second-order valence-electron chi connectivity index (χ2n) is 7.93. The number of nitrogens with two attached hydrogens (primary N) is 1. The Hall–Kier alpha value is -1.36. The number of anilines is 2. The molecule has 1 aromatic rings. The van der Waals surface area contributed by atoms with Crippen molar-refractivity contribution in [2.45, 2.75) is 59.8 Å². The highest BCUT2D eigenvalue weighted by Crippen LogP contribution is 2.34. The lowest BCUT2D eigenvalue weighted by Crippen LogP contribution is -2.41. The minimum absolute atomic E-state index is 0.0979. The van der Waals surface area contributed by atoms with Crippen molar-refractivity contribution in [3.05, 3.63) is 11.4 Å². The predicted molar refractivity (Wildman–Crippen MR) is 88.5 cm³/mol. The highest BCUT2D eigenvalue weighted by atomic mass is 15.3. The monoisotopic (exact) mass is 291 g/mol. The zero-order chi connectivity index (χ0) is 15.8. The summed E-state index contributed by atoms with van der Waals surface area (Å²) in [6, 6.07) is 0. The smallest absolute Gasteiger partial charge is 0.148 e. The summed E-state index contributed by atoms with van der Waals surface area (Å²) in [5, 5.41) is 0. The Balaban J connectivity index is 2.47. The highest BCUT2D eigenvalue weighted by molar-refractivity contribution is 5.59. The molecule has 1 saturated heterocycles. The molecule has 0 bridgehead atoms. The SMILES string of the molecule is Cc1c(NN)nc(C(C)(C)C)nc1N1CCCC(C)(C)C1. The zero-order valence-corrected chi connectivity index (χ0v) is 14.2. The molecule has 5 heteroatoms. The number of hydrazine groups is 1. The average Bonchev–Trinajstić information content (AvgIpc) is 2.36. The van der Waals surface area contributed by atoms with Crippen molar-refractivity contribution in [2.75, 3.05) is 23.4 Å². The van der Waals surface area contributed by atoms with Gasteiger partial charge in [0, 0.05) is 24.1 Å². The number of hydrogen-bond acceptors (Lipinski definition) is 5. The summed E-state index contributed by atoms with van der Waals surface area (Å²) in [6.45, 7) is 15.1. The van der Waals surface area contributed by atoms with Crippen LogP contribution in [0.25, 0.3) is 0 Å². The first-order valence-electron chi connectivity index (χ1n) is 7.75. The fourth-order valence-corrected chi connectivity index (χ4v) is 2.89. The summed E-state index contributed by atoms with van der Waals surface area (Å²) < 4.78 is 0. The van der Waals surface area contributed by atoms with Crippen molar-refractivity contribution >= 4 is 11.6 Å². The van der Waals surface area contributed by atoms with Crippen molar-refractivity contribution in [3.8, 4) is 0 Å². The molecule has 0 aromatic carbocycles. The first kappa shape index (κ1) is 16.0. The van der Waals surface area contributed by atoms with Crippen molar-refractivity contribution in [2.24, 2.45) is 11.3 Å². The zero-order valence-electron chi connectivity index (χ0n) is 14.2. The molecule has 0 amide bonds. The lowest BCUT2D eigenvalue weighted by molar-refractivity contribution is 0.291. The van der Waals surface area contributed by atoms with Gasteiger partial charge in [-0.05, 0) is 25.2 Å². The number of hydrogen-bond donors (Lipinski definition) is 2. The van der Waals surface area contributed by atoms with E-state index in [0.29, 0.717) is 5.41 Å². The average molecular weight is 291 g/mol. The number of nitrogens with zero attached hydrogens (tertiary/aromatic N) is 3. The summed E-state index contributed by atoms with van der Waals surface area (Å²) in [7, 11) is 0. The Morgan fingerprint density at radius 1 is 1.24 bits per heavy atom. The fraction of sp³-hybridized carbons (Fsp3) is 0.750. The molecule has 3 N–H and O–H groups in total. The molecule has 2 rings (SSSR count). The number of piperidine rings is 1. The van der Waals surface area contributed by atoms with Gasteiger partial charge >= 0.3 is 0 Å². The molecule has 1 aliphatic heterocycles. The molecule has 0 radical (unpaired) electrons. The van der Waals surface area contributed by atoms with Crippen LogP contribution in [0.5, 0.6) is 0 Å². The van der Waals surface area contributed by atoms with Crippen LogP contribution >= 0.6 is 0 Å². The summed E-state index contributed by atoms with van der Waals surface area (Å²) in [6.07, 6.45) is 2.47. The van der Waals surface area contributed by atoms with Crippen LogP contribution in [-0.4, -0.2) is 23.1 Å². The third kappa shape index (κ3) is 3.46. The highest BCUT2D eigenvalue weighted by Gasteiger charge is 2.30. The van der Waals surface area contributed by atoms with Gasteiger partial charge in [0.15, 0.2) is 0 Å². The van der Waals surface area contributed by atoms with Gasteiger partial charge in [-0.2, -0.15) is 0 Å². The van der Waals surface area contributed by atoms with Crippen LogP contribution in [0.3, 0.4) is 0 Å². The number of nitrogens with one attached hydrogen (secondary N) is 1. The van der Waals surface area contributed by atoms with Gasteiger partial charge < -0.3 is 10.3 Å². The Bertz CT molecular complexity index is 516. The fourth-order valence-electron chi connectivity index (χ4n) is 2.89. The van der Waals surface area contributed by atoms with E-state index in [1.54, 1.807) is 0 Å². The topological polar surface area (TPSA) is 67.1 Å². The summed E-state index contributed by atoms with van der Waals surface area (Å²) in [5.74, 6) is 8.24. The van der Waals surface area contributed by atoms with E-state index in [2.05, 4.69) is 49.9 Å². The van der Waals surface area contributed by atoms with Gasteiger partial charge in [0.1, 0.15) is 17.5 Å². The maximum absolute atomic E-state index is 5.66. The van der Waals surface area contributed by atoms with E-state index in [-0.39, 0.29) is 5.41 Å². The van der Waals surface area contributed by atoms with Crippen molar-refractivity contribution in [1.82, 2.24) is 9.97 Å². The van der Waals surface area contributed by atoms with E-state index < -0.39 is 0 Å². The van der Waals surface area contributed by atoms with Gasteiger partial charge in [-0.1, -0.05) is 34.6 Å². The number of rotatable bonds is 2. The first-order valence-corrected chi connectivity index (χ1v) is 7.75. The maximum Gasteiger partial charge on any atom is 0.148 e. The van der Waals surface area contributed by atoms with Gasteiger partial charge in [-0.15, -0.1) is 0 Å². The van der Waals surface area contributed by atoms with Crippen LogP contribution in [0.15, 0.2) is 0 Å².